The van der Waals surface area contributed by atoms with Gasteiger partial charge in [-0.1, -0.05) is 0 Å². The number of nitrogens with one attached hydrogen (secondary N) is 1. The van der Waals surface area contributed by atoms with E-state index in [1.54, 1.807) is 19.1 Å². The number of rotatable bonds is 4. The maximum Gasteiger partial charge on any atom is 0.238 e. The summed E-state index contributed by atoms with van der Waals surface area (Å²) in [6.45, 7) is 1.83. The Hall–Kier alpha value is -1.42. The Morgan fingerprint density at radius 3 is 2.81 bits per heavy atom. The number of hydrogen-bond donors (Lipinski definition) is 2. The average molecular weight is 244 g/mol. The fraction of sp³-hybridized carbons (Fsp3) is 0.364. The number of aromatic hydroxyl groups is 1. The highest BCUT2D eigenvalue weighted by Gasteiger charge is 2.09. The molecule has 0 saturated carbocycles. The van der Waals surface area contributed by atoms with Gasteiger partial charge in [0.2, 0.25) is 5.91 Å². The minimum Gasteiger partial charge on any atom is -0.507 e. The minimum absolute atomic E-state index is 0.0851. The first-order valence-corrected chi connectivity index (χ1v) is 5.26. The fourth-order valence-corrected chi connectivity index (χ4v) is 1.22. The molecule has 0 fully saturated rings. The molecule has 1 rings (SSSR count). The number of amides is 1. The molecule has 0 heterocycles. The van der Waals surface area contributed by atoms with Gasteiger partial charge in [-0.15, -0.1) is 11.6 Å². The molecule has 0 radical (unpaired) electrons. The molecule has 88 valence electrons. The van der Waals surface area contributed by atoms with Gasteiger partial charge in [-0.05, 0) is 19.1 Å². The lowest BCUT2D eigenvalue weighted by Crippen LogP contribution is -2.29. The molecule has 0 aromatic heterocycles. The van der Waals surface area contributed by atoms with Crippen molar-refractivity contribution in [3.8, 4) is 11.5 Å². The summed E-state index contributed by atoms with van der Waals surface area (Å²) in [5.41, 5.74) is 0.617. The predicted octanol–water partition coefficient (Wildman–Crippen LogP) is 1.64. The second kappa shape index (κ2) is 5.61. The van der Waals surface area contributed by atoms with Crippen LogP contribution in [0.25, 0.3) is 0 Å². The fourth-order valence-electron chi connectivity index (χ4n) is 1.14. The number of phenolic OH excluding ortho intramolecular Hbond substituents is 1. The number of alkyl halides is 1. The van der Waals surface area contributed by atoms with Crippen molar-refractivity contribution in [2.75, 3.05) is 7.11 Å². The first-order valence-electron chi connectivity index (χ1n) is 4.82. The lowest BCUT2D eigenvalue weighted by atomic mass is 10.2. The second-order valence-corrected chi connectivity index (χ2v) is 3.98. The summed E-state index contributed by atoms with van der Waals surface area (Å²) < 4.78 is 4.95. The number of methoxy groups -OCH3 is 1. The van der Waals surface area contributed by atoms with Crippen molar-refractivity contribution >= 4 is 17.5 Å². The van der Waals surface area contributed by atoms with E-state index in [1.165, 1.54) is 13.2 Å². The molecule has 4 nitrogen and oxygen atoms in total. The molecular weight excluding hydrogens is 230 g/mol. The monoisotopic (exact) mass is 243 g/mol. The van der Waals surface area contributed by atoms with Gasteiger partial charge < -0.3 is 15.2 Å². The van der Waals surface area contributed by atoms with Crippen LogP contribution in [-0.4, -0.2) is 23.5 Å². The zero-order valence-electron chi connectivity index (χ0n) is 9.16. The molecule has 0 aliphatic carbocycles. The summed E-state index contributed by atoms with van der Waals surface area (Å²) >= 11 is 5.59. The number of ether oxygens (including phenoxy) is 1. The van der Waals surface area contributed by atoms with Crippen LogP contribution in [0, 0.1) is 0 Å². The van der Waals surface area contributed by atoms with Gasteiger partial charge in [0.05, 0.1) is 7.11 Å². The van der Waals surface area contributed by atoms with E-state index in [0.29, 0.717) is 11.3 Å². The van der Waals surface area contributed by atoms with Crippen LogP contribution in [0.2, 0.25) is 0 Å². The van der Waals surface area contributed by atoms with Gasteiger partial charge in [-0.25, -0.2) is 0 Å². The Kier molecular flexibility index (Phi) is 4.43. The van der Waals surface area contributed by atoms with E-state index in [4.69, 9.17) is 16.3 Å². The van der Waals surface area contributed by atoms with Crippen molar-refractivity contribution in [3.05, 3.63) is 23.8 Å². The van der Waals surface area contributed by atoms with Gasteiger partial charge in [0, 0.05) is 18.2 Å². The van der Waals surface area contributed by atoms with Gasteiger partial charge in [0.25, 0.3) is 0 Å². The number of phenols is 1. The molecular formula is C11H14ClNO3. The van der Waals surface area contributed by atoms with Crippen LogP contribution in [0.1, 0.15) is 12.5 Å². The van der Waals surface area contributed by atoms with Crippen LogP contribution in [0.4, 0.5) is 0 Å². The molecule has 1 aromatic rings. The lowest BCUT2D eigenvalue weighted by Gasteiger charge is -2.09. The summed E-state index contributed by atoms with van der Waals surface area (Å²) in [5, 5.41) is 11.6. The van der Waals surface area contributed by atoms with E-state index in [0.717, 1.165) is 0 Å². The van der Waals surface area contributed by atoms with E-state index in [2.05, 4.69) is 5.32 Å². The summed E-state index contributed by atoms with van der Waals surface area (Å²) in [5.74, 6) is 0.386. The first kappa shape index (κ1) is 12.6. The Morgan fingerprint density at radius 1 is 1.62 bits per heavy atom. The quantitative estimate of drug-likeness (QED) is 0.791. The molecule has 1 aromatic carbocycles. The van der Waals surface area contributed by atoms with Crippen LogP contribution in [0.3, 0.4) is 0 Å². The maximum absolute atomic E-state index is 11.2. The molecule has 5 heteroatoms. The van der Waals surface area contributed by atoms with Crippen LogP contribution >= 0.6 is 11.6 Å². The zero-order valence-corrected chi connectivity index (χ0v) is 9.91. The van der Waals surface area contributed by atoms with Crippen LogP contribution in [0.5, 0.6) is 11.5 Å². The predicted molar refractivity (Wildman–Crippen MR) is 61.8 cm³/mol. The van der Waals surface area contributed by atoms with Crippen molar-refractivity contribution in [1.82, 2.24) is 5.32 Å². The van der Waals surface area contributed by atoms with Crippen LogP contribution in [0.15, 0.2) is 18.2 Å². The van der Waals surface area contributed by atoms with E-state index in [9.17, 15) is 9.90 Å². The normalized spacial score (nSPS) is 11.9. The average Bonchev–Trinajstić information content (AvgIpc) is 2.26. The second-order valence-electron chi connectivity index (χ2n) is 3.33. The third-order valence-corrected chi connectivity index (χ3v) is 2.31. The van der Waals surface area contributed by atoms with E-state index in [1.807, 2.05) is 0 Å². The molecule has 1 amide bonds. The number of carbonyl (C=O) groups is 1. The van der Waals surface area contributed by atoms with E-state index < -0.39 is 5.38 Å². The molecule has 16 heavy (non-hydrogen) atoms. The SMILES string of the molecule is COc1ccc(CNC(=O)C(C)Cl)c(O)c1. The number of halogens is 1. The molecule has 0 saturated heterocycles. The largest absolute Gasteiger partial charge is 0.507 e. The Labute approximate surface area is 99.2 Å². The molecule has 0 spiro atoms. The van der Waals surface area contributed by atoms with E-state index in [-0.39, 0.29) is 18.2 Å². The molecule has 0 aliphatic rings. The third-order valence-electron chi connectivity index (χ3n) is 2.11. The van der Waals surface area contributed by atoms with E-state index >= 15 is 0 Å². The summed E-state index contributed by atoms with van der Waals surface area (Å²) in [6.07, 6.45) is 0. The third kappa shape index (κ3) is 3.31. The number of benzene rings is 1. The Bertz CT molecular complexity index is 379. The zero-order chi connectivity index (χ0) is 12.1. The van der Waals surface area contributed by atoms with Crippen molar-refractivity contribution in [1.29, 1.82) is 0 Å². The molecule has 2 N–H and O–H groups in total. The van der Waals surface area contributed by atoms with Crippen molar-refractivity contribution in [2.24, 2.45) is 0 Å². The first-order chi connectivity index (χ1) is 7.54. The summed E-state index contributed by atoms with van der Waals surface area (Å²) in [4.78, 5) is 11.2. The van der Waals surface area contributed by atoms with Crippen molar-refractivity contribution < 1.29 is 14.6 Å². The van der Waals surface area contributed by atoms with Gasteiger partial charge in [-0.3, -0.25) is 4.79 Å². The molecule has 1 unspecified atom stereocenters. The smallest absolute Gasteiger partial charge is 0.238 e. The van der Waals surface area contributed by atoms with Gasteiger partial charge >= 0.3 is 0 Å². The standard InChI is InChI=1S/C11H14ClNO3/c1-7(12)11(15)13-6-8-3-4-9(16-2)5-10(8)14/h3-5,7,14H,6H2,1-2H3,(H,13,15). The lowest BCUT2D eigenvalue weighted by molar-refractivity contribution is -0.120. The van der Waals surface area contributed by atoms with Crippen molar-refractivity contribution in [2.45, 2.75) is 18.8 Å². The summed E-state index contributed by atoms with van der Waals surface area (Å²) in [7, 11) is 1.52. The number of carbonyl (C=O) groups excluding carboxylic acids is 1. The van der Waals surface area contributed by atoms with Crippen LogP contribution < -0.4 is 10.1 Å². The topological polar surface area (TPSA) is 58.6 Å². The van der Waals surface area contributed by atoms with Gasteiger partial charge in [-0.2, -0.15) is 0 Å². The minimum atomic E-state index is -0.583. The van der Waals surface area contributed by atoms with Gasteiger partial charge in [0.15, 0.2) is 0 Å². The van der Waals surface area contributed by atoms with Crippen molar-refractivity contribution in [3.63, 3.8) is 0 Å². The highest BCUT2D eigenvalue weighted by molar-refractivity contribution is 6.30. The highest BCUT2D eigenvalue weighted by Crippen LogP contribution is 2.23. The molecule has 0 bridgehead atoms. The molecule has 1 atom stereocenters. The maximum atomic E-state index is 11.2. The summed E-state index contributed by atoms with van der Waals surface area (Å²) in [6, 6.07) is 4.89. The Morgan fingerprint density at radius 2 is 2.31 bits per heavy atom. The molecule has 0 aliphatic heterocycles. The van der Waals surface area contributed by atoms with Crippen LogP contribution in [-0.2, 0) is 11.3 Å². The number of hydrogen-bond acceptors (Lipinski definition) is 3. The highest BCUT2D eigenvalue weighted by atomic mass is 35.5. The Balaban J connectivity index is 2.64. The van der Waals surface area contributed by atoms with Gasteiger partial charge in [0.1, 0.15) is 16.9 Å².